The van der Waals surface area contributed by atoms with Gasteiger partial charge in [-0.25, -0.2) is 4.79 Å². The number of unbranched alkanes of at least 4 members (excludes halogenated alkanes) is 2. The van der Waals surface area contributed by atoms with Gasteiger partial charge in [-0.3, -0.25) is 9.79 Å². The Morgan fingerprint density at radius 2 is 1.65 bits per heavy atom. The summed E-state index contributed by atoms with van der Waals surface area (Å²) in [5.74, 6) is 0.493. The van der Waals surface area contributed by atoms with Crippen LogP contribution >= 0.6 is 0 Å². The Bertz CT molecular complexity index is 470. The summed E-state index contributed by atoms with van der Waals surface area (Å²) in [6.45, 7) is 10.5. The summed E-state index contributed by atoms with van der Waals surface area (Å²) in [5, 5.41) is 9.25. The Hall–Kier alpha value is -1.99. The number of methoxy groups -OCH3 is 1. The molecule has 0 bridgehead atoms. The van der Waals surface area contributed by atoms with Crippen LogP contribution in [0.3, 0.4) is 0 Å². The first-order valence-electron chi connectivity index (χ1n) is 9.01. The number of carbonyl (C=O) groups excluding carboxylic acids is 2. The number of guanidine groups is 1. The minimum Gasteiger partial charge on any atom is -0.469 e. The first-order valence-corrected chi connectivity index (χ1v) is 9.01. The van der Waals surface area contributed by atoms with Crippen molar-refractivity contribution < 1.29 is 19.1 Å². The summed E-state index contributed by atoms with van der Waals surface area (Å²) in [6, 6.07) is 0. The Morgan fingerprint density at radius 3 is 2.19 bits per heavy atom. The molecule has 0 aliphatic carbocycles. The lowest BCUT2D eigenvalue weighted by atomic mass is 10.1. The number of amides is 1. The maximum absolute atomic E-state index is 11.9. The van der Waals surface area contributed by atoms with Crippen molar-refractivity contribution in [2.75, 3.05) is 27.2 Å². The number of carbonyl (C=O) groups is 2. The molecular formula is C18H36N4O4. The molecule has 1 amide bonds. The Labute approximate surface area is 157 Å². The predicted molar refractivity (Wildman–Crippen MR) is 103 cm³/mol. The number of aliphatic imine (C=N–C) groups is 1. The lowest BCUT2D eigenvalue weighted by molar-refractivity contribution is -0.140. The zero-order valence-corrected chi connectivity index (χ0v) is 17.3. The first-order chi connectivity index (χ1) is 12.0. The molecule has 0 aromatic carbocycles. The van der Waals surface area contributed by atoms with Gasteiger partial charge in [0.15, 0.2) is 5.96 Å². The van der Waals surface area contributed by atoms with E-state index in [1.54, 1.807) is 7.05 Å². The van der Waals surface area contributed by atoms with Gasteiger partial charge < -0.3 is 25.4 Å². The van der Waals surface area contributed by atoms with Crippen LogP contribution in [0.2, 0.25) is 0 Å². The molecule has 0 spiro atoms. The number of alkyl carbamates (subject to hydrolysis) is 1. The number of esters is 1. The van der Waals surface area contributed by atoms with E-state index in [1.807, 2.05) is 34.6 Å². The van der Waals surface area contributed by atoms with Crippen LogP contribution in [0.4, 0.5) is 4.79 Å². The van der Waals surface area contributed by atoms with Crippen LogP contribution in [0.25, 0.3) is 0 Å². The average molecular weight is 373 g/mol. The van der Waals surface area contributed by atoms with Crippen LogP contribution < -0.4 is 16.0 Å². The molecule has 0 atom stereocenters. The molecule has 8 heteroatoms. The summed E-state index contributed by atoms with van der Waals surface area (Å²) >= 11 is 0. The highest BCUT2D eigenvalue weighted by molar-refractivity contribution is 5.79. The van der Waals surface area contributed by atoms with Gasteiger partial charge >= 0.3 is 12.1 Å². The van der Waals surface area contributed by atoms with Gasteiger partial charge in [-0.05, 0) is 47.5 Å². The maximum atomic E-state index is 11.9. The maximum Gasteiger partial charge on any atom is 0.408 e. The molecule has 26 heavy (non-hydrogen) atoms. The third kappa shape index (κ3) is 13.3. The molecule has 8 nitrogen and oxygen atoms in total. The number of hydrogen-bond donors (Lipinski definition) is 3. The fourth-order valence-electron chi connectivity index (χ4n) is 2.03. The standard InChI is InChI=1S/C18H36N4O4/c1-17(2,3)26-16(24)22-18(4,5)13-21-15(19-6)20-12-10-8-9-11-14(23)25-7/h8-13H2,1-7H3,(H,22,24)(H2,19,20,21). The number of nitrogens with one attached hydrogen (secondary N) is 3. The lowest BCUT2D eigenvalue weighted by Crippen LogP contribution is -2.54. The minimum atomic E-state index is -0.529. The van der Waals surface area contributed by atoms with Crippen molar-refractivity contribution in [3.63, 3.8) is 0 Å². The Kier molecular flexibility index (Phi) is 10.7. The molecule has 0 aliphatic heterocycles. The largest absolute Gasteiger partial charge is 0.469 e. The van der Waals surface area contributed by atoms with Crippen LogP contribution in [0.15, 0.2) is 4.99 Å². The van der Waals surface area contributed by atoms with E-state index in [-0.39, 0.29) is 5.97 Å². The normalized spacial score (nSPS) is 12.3. The molecule has 0 radical (unpaired) electrons. The van der Waals surface area contributed by atoms with E-state index in [0.29, 0.717) is 18.9 Å². The van der Waals surface area contributed by atoms with E-state index in [4.69, 9.17) is 4.74 Å². The molecule has 0 rings (SSSR count). The smallest absolute Gasteiger partial charge is 0.408 e. The zero-order chi connectivity index (χ0) is 20.2. The van der Waals surface area contributed by atoms with Crippen molar-refractivity contribution in [2.45, 2.75) is 71.4 Å². The van der Waals surface area contributed by atoms with E-state index in [1.165, 1.54) is 7.11 Å². The summed E-state index contributed by atoms with van der Waals surface area (Å²) in [7, 11) is 3.10. The van der Waals surface area contributed by atoms with E-state index < -0.39 is 17.2 Å². The van der Waals surface area contributed by atoms with Gasteiger partial charge in [0.25, 0.3) is 0 Å². The second-order valence-electron chi connectivity index (χ2n) is 7.75. The zero-order valence-electron chi connectivity index (χ0n) is 17.3. The van der Waals surface area contributed by atoms with Crippen molar-refractivity contribution in [1.82, 2.24) is 16.0 Å². The van der Waals surface area contributed by atoms with Crippen molar-refractivity contribution in [1.29, 1.82) is 0 Å². The summed E-state index contributed by atoms with van der Waals surface area (Å²) in [6.07, 6.45) is 2.68. The van der Waals surface area contributed by atoms with Crippen LogP contribution in [-0.4, -0.2) is 56.4 Å². The van der Waals surface area contributed by atoms with E-state index in [2.05, 4.69) is 25.7 Å². The summed E-state index contributed by atoms with van der Waals surface area (Å²) in [5.41, 5.74) is -1.03. The predicted octanol–water partition coefficient (Wildman–Crippen LogP) is 2.19. The van der Waals surface area contributed by atoms with E-state index >= 15 is 0 Å². The number of hydrogen-bond acceptors (Lipinski definition) is 5. The summed E-state index contributed by atoms with van der Waals surface area (Å²) < 4.78 is 9.89. The van der Waals surface area contributed by atoms with Crippen LogP contribution in [0, 0.1) is 0 Å². The summed E-state index contributed by atoms with van der Waals surface area (Å²) in [4.78, 5) is 27.1. The van der Waals surface area contributed by atoms with Gasteiger partial charge in [-0.1, -0.05) is 6.42 Å². The fourth-order valence-corrected chi connectivity index (χ4v) is 2.03. The van der Waals surface area contributed by atoms with Crippen molar-refractivity contribution in [2.24, 2.45) is 4.99 Å². The van der Waals surface area contributed by atoms with Crippen LogP contribution in [-0.2, 0) is 14.3 Å². The SMILES string of the molecule is CN=C(NCCCCCC(=O)OC)NCC(C)(C)NC(=O)OC(C)(C)C. The molecule has 0 aliphatic rings. The second-order valence-corrected chi connectivity index (χ2v) is 7.75. The average Bonchev–Trinajstić information content (AvgIpc) is 2.50. The fraction of sp³-hybridized carbons (Fsp3) is 0.833. The molecule has 0 aromatic rings. The van der Waals surface area contributed by atoms with E-state index in [9.17, 15) is 9.59 Å². The number of rotatable bonds is 9. The topological polar surface area (TPSA) is 101 Å². The van der Waals surface area contributed by atoms with E-state index in [0.717, 1.165) is 25.8 Å². The molecule has 0 saturated heterocycles. The molecule has 0 heterocycles. The van der Waals surface area contributed by atoms with Crippen molar-refractivity contribution in [3.8, 4) is 0 Å². The molecule has 0 saturated carbocycles. The van der Waals surface area contributed by atoms with Gasteiger partial charge in [0.05, 0.1) is 12.6 Å². The lowest BCUT2D eigenvalue weighted by Gasteiger charge is -2.29. The molecular weight excluding hydrogens is 336 g/mol. The van der Waals surface area contributed by atoms with Gasteiger partial charge in [-0.2, -0.15) is 0 Å². The number of ether oxygens (including phenoxy) is 2. The van der Waals surface area contributed by atoms with Gasteiger partial charge in [0, 0.05) is 26.6 Å². The molecule has 0 unspecified atom stereocenters. The molecule has 3 N–H and O–H groups in total. The Balaban J connectivity index is 4.08. The molecule has 0 aromatic heterocycles. The highest BCUT2D eigenvalue weighted by Gasteiger charge is 2.24. The van der Waals surface area contributed by atoms with Crippen molar-refractivity contribution >= 4 is 18.0 Å². The van der Waals surface area contributed by atoms with Gasteiger partial charge in [0.2, 0.25) is 0 Å². The van der Waals surface area contributed by atoms with Gasteiger partial charge in [0.1, 0.15) is 5.60 Å². The molecule has 0 fully saturated rings. The van der Waals surface area contributed by atoms with Crippen LogP contribution in [0.1, 0.15) is 60.3 Å². The second kappa shape index (κ2) is 11.6. The van der Waals surface area contributed by atoms with Crippen LogP contribution in [0.5, 0.6) is 0 Å². The molecule has 152 valence electrons. The monoisotopic (exact) mass is 372 g/mol. The van der Waals surface area contributed by atoms with Gasteiger partial charge in [-0.15, -0.1) is 0 Å². The van der Waals surface area contributed by atoms with Crippen molar-refractivity contribution in [3.05, 3.63) is 0 Å². The first kappa shape index (κ1) is 24.0. The Morgan fingerprint density at radius 1 is 1.00 bits per heavy atom. The minimum absolute atomic E-state index is 0.171. The highest BCUT2D eigenvalue weighted by atomic mass is 16.6. The quantitative estimate of drug-likeness (QED) is 0.248. The third-order valence-electron chi connectivity index (χ3n) is 3.34. The number of nitrogens with zero attached hydrogens (tertiary/aromatic N) is 1. The highest BCUT2D eigenvalue weighted by Crippen LogP contribution is 2.09. The third-order valence-corrected chi connectivity index (χ3v) is 3.34.